The Balaban J connectivity index is 1.86. The van der Waals surface area contributed by atoms with Gasteiger partial charge in [-0.2, -0.15) is 0 Å². The summed E-state index contributed by atoms with van der Waals surface area (Å²) in [4.78, 5) is 11.9. The summed E-state index contributed by atoms with van der Waals surface area (Å²) >= 11 is 0. The lowest BCUT2D eigenvalue weighted by molar-refractivity contribution is -0.120. The van der Waals surface area contributed by atoms with Crippen LogP contribution in [0.15, 0.2) is 48.5 Å². The molecule has 0 saturated heterocycles. The monoisotopic (exact) mass is 282 g/mol. The molecular weight excluding hydrogens is 260 g/mol. The second kappa shape index (κ2) is 6.93. The summed E-state index contributed by atoms with van der Waals surface area (Å²) in [5, 5.41) is 2.94. The van der Waals surface area contributed by atoms with Crippen molar-refractivity contribution >= 4 is 11.6 Å². The molecule has 0 aliphatic rings. The quantitative estimate of drug-likeness (QED) is 0.827. The summed E-state index contributed by atoms with van der Waals surface area (Å²) in [5.41, 5.74) is 9.75. The van der Waals surface area contributed by atoms with Crippen molar-refractivity contribution in [3.8, 4) is 0 Å². The average Bonchev–Trinajstić information content (AvgIpc) is 2.45. The van der Waals surface area contributed by atoms with Crippen LogP contribution in [0.3, 0.4) is 0 Å². The maximum absolute atomic E-state index is 11.9. The molecule has 0 bridgehead atoms. The van der Waals surface area contributed by atoms with E-state index in [0.29, 0.717) is 24.6 Å². The van der Waals surface area contributed by atoms with E-state index in [0.717, 1.165) is 11.1 Å². The minimum atomic E-state index is 0.00790. The number of carbonyl (C=O) groups excluding carboxylic acids is 1. The zero-order valence-corrected chi connectivity index (χ0v) is 12.6. The largest absolute Gasteiger partial charge is 0.399 e. The highest BCUT2D eigenvalue weighted by molar-refractivity contribution is 5.78. The van der Waals surface area contributed by atoms with Crippen molar-refractivity contribution in [2.45, 2.75) is 32.7 Å². The van der Waals surface area contributed by atoms with Crippen molar-refractivity contribution < 1.29 is 4.79 Å². The highest BCUT2D eigenvalue weighted by Gasteiger charge is 2.04. The minimum absolute atomic E-state index is 0.00790. The first-order valence-electron chi connectivity index (χ1n) is 7.24. The number of amides is 1. The van der Waals surface area contributed by atoms with Gasteiger partial charge in [0.2, 0.25) is 5.91 Å². The first kappa shape index (κ1) is 15.1. The fourth-order valence-electron chi connectivity index (χ4n) is 2.17. The van der Waals surface area contributed by atoms with Crippen LogP contribution in [0, 0.1) is 0 Å². The normalized spacial score (nSPS) is 10.6. The molecule has 0 radical (unpaired) electrons. The molecule has 0 spiro atoms. The van der Waals surface area contributed by atoms with Crippen LogP contribution in [0.25, 0.3) is 0 Å². The van der Waals surface area contributed by atoms with E-state index < -0.39 is 0 Å². The van der Waals surface area contributed by atoms with Gasteiger partial charge < -0.3 is 11.1 Å². The van der Waals surface area contributed by atoms with Crippen molar-refractivity contribution in [2.24, 2.45) is 0 Å². The van der Waals surface area contributed by atoms with E-state index in [1.165, 1.54) is 5.56 Å². The first-order valence-corrected chi connectivity index (χ1v) is 7.24. The third kappa shape index (κ3) is 4.63. The van der Waals surface area contributed by atoms with Gasteiger partial charge in [-0.15, -0.1) is 0 Å². The van der Waals surface area contributed by atoms with E-state index in [-0.39, 0.29) is 5.91 Å². The SMILES string of the molecule is CC(C)c1ccc(CNC(=O)Cc2cccc(N)c2)cc1. The zero-order valence-electron chi connectivity index (χ0n) is 12.6. The number of hydrogen-bond donors (Lipinski definition) is 2. The third-order valence-corrected chi connectivity index (χ3v) is 3.45. The number of carbonyl (C=O) groups is 1. The Labute approximate surface area is 126 Å². The lowest BCUT2D eigenvalue weighted by atomic mass is 10.0. The molecule has 0 fully saturated rings. The molecule has 2 aromatic carbocycles. The van der Waals surface area contributed by atoms with Crippen molar-refractivity contribution in [2.75, 3.05) is 5.73 Å². The van der Waals surface area contributed by atoms with E-state index in [2.05, 4.69) is 43.4 Å². The van der Waals surface area contributed by atoms with Crippen molar-refractivity contribution in [3.05, 3.63) is 65.2 Å². The second-order valence-corrected chi connectivity index (χ2v) is 5.59. The number of anilines is 1. The first-order chi connectivity index (χ1) is 10.0. The van der Waals surface area contributed by atoms with Gasteiger partial charge in [0.25, 0.3) is 0 Å². The standard InChI is InChI=1S/C18H22N2O/c1-13(2)16-8-6-14(7-9-16)12-20-18(21)11-15-4-3-5-17(19)10-15/h3-10,13H,11-12,19H2,1-2H3,(H,20,21). The molecule has 3 heteroatoms. The fraction of sp³-hybridized carbons (Fsp3) is 0.278. The lowest BCUT2D eigenvalue weighted by Gasteiger charge is -2.08. The minimum Gasteiger partial charge on any atom is -0.399 e. The molecule has 0 heterocycles. The molecule has 1 amide bonds. The lowest BCUT2D eigenvalue weighted by Crippen LogP contribution is -2.24. The van der Waals surface area contributed by atoms with Gasteiger partial charge in [-0.25, -0.2) is 0 Å². The van der Waals surface area contributed by atoms with E-state index in [1.807, 2.05) is 24.3 Å². The molecule has 2 rings (SSSR count). The Morgan fingerprint density at radius 2 is 1.81 bits per heavy atom. The fourth-order valence-corrected chi connectivity index (χ4v) is 2.17. The van der Waals surface area contributed by atoms with Crippen molar-refractivity contribution in [1.82, 2.24) is 5.32 Å². The Hall–Kier alpha value is -2.29. The van der Waals surface area contributed by atoms with Crippen LogP contribution in [0.1, 0.15) is 36.5 Å². The van der Waals surface area contributed by atoms with Crippen LogP contribution >= 0.6 is 0 Å². The molecule has 0 unspecified atom stereocenters. The predicted molar refractivity (Wildman–Crippen MR) is 86.9 cm³/mol. The van der Waals surface area contributed by atoms with Crippen molar-refractivity contribution in [3.63, 3.8) is 0 Å². The molecule has 0 aliphatic heterocycles. The highest BCUT2D eigenvalue weighted by Crippen LogP contribution is 2.14. The Morgan fingerprint density at radius 1 is 1.10 bits per heavy atom. The van der Waals surface area contributed by atoms with E-state index >= 15 is 0 Å². The Kier molecular flexibility index (Phi) is 4.99. The van der Waals surface area contributed by atoms with Gasteiger partial charge in [0.15, 0.2) is 0 Å². The summed E-state index contributed by atoms with van der Waals surface area (Å²) in [6.45, 7) is 4.89. The molecular formula is C18H22N2O. The Bertz CT molecular complexity index is 603. The second-order valence-electron chi connectivity index (χ2n) is 5.59. The van der Waals surface area contributed by atoms with Crippen LogP contribution in [0.2, 0.25) is 0 Å². The maximum Gasteiger partial charge on any atom is 0.224 e. The number of benzene rings is 2. The predicted octanol–water partition coefficient (Wildman–Crippen LogP) is 3.25. The summed E-state index contributed by atoms with van der Waals surface area (Å²) in [6, 6.07) is 15.8. The van der Waals surface area contributed by atoms with Gasteiger partial charge in [-0.05, 0) is 34.7 Å². The molecule has 0 aliphatic carbocycles. The zero-order chi connectivity index (χ0) is 15.2. The van der Waals surface area contributed by atoms with E-state index in [1.54, 1.807) is 0 Å². The summed E-state index contributed by atoms with van der Waals surface area (Å²) < 4.78 is 0. The van der Waals surface area contributed by atoms with Crippen LogP contribution in [-0.2, 0) is 17.8 Å². The summed E-state index contributed by atoms with van der Waals surface area (Å²) in [5.74, 6) is 0.533. The number of nitrogens with one attached hydrogen (secondary N) is 1. The molecule has 3 nitrogen and oxygen atoms in total. The van der Waals surface area contributed by atoms with Crippen LogP contribution in [-0.4, -0.2) is 5.91 Å². The summed E-state index contributed by atoms with van der Waals surface area (Å²) in [7, 11) is 0. The molecule has 21 heavy (non-hydrogen) atoms. The van der Waals surface area contributed by atoms with E-state index in [9.17, 15) is 4.79 Å². The number of nitrogen functional groups attached to an aromatic ring is 1. The summed E-state index contributed by atoms with van der Waals surface area (Å²) in [6.07, 6.45) is 0.356. The smallest absolute Gasteiger partial charge is 0.224 e. The van der Waals surface area contributed by atoms with Gasteiger partial charge in [-0.1, -0.05) is 50.2 Å². The molecule has 2 aromatic rings. The van der Waals surface area contributed by atoms with Crippen LogP contribution in [0.5, 0.6) is 0 Å². The number of nitrogens with two attached hydrogens (primary N) is 1. The number of rotatable bonds is 5. The van der Waals surface area contributed by atoms with Gasteiger partial charge in [0.05, 0.1) is 6.42 Å². The van der Waals surface area contributed by atoms with Gasteiger partial charge in [-0.3, -0.25) is 4.79 Å². The molecule has 110 valence electrons. The topological polar surface area (TPSA) is 55.1 Å². The third-order valence-electron chi connectivity index (χ3n) is 3.45. The van der Waals surface area contributed by atoms with Gasteiger partial charge in [0, 0.05) is 12.2 Å². The highest BCUT2D eigenvalue weighted by atomic mass is 16.1. The van der Waals surface area contributed by atoms with Crippen LogP contribution in [0.4, 0.5) is 5.69 Å². The Morgan fingerprint density at radius 3 is 2.43 bits per heavy atom. The molecule has 0 aromatic heterocycles. The maximum atomic E-state index is 11.9. The van der Waals surface area contributed by atoms with Crippen molar-refractivity contribution in [1.29, 1.82) is 0 Å². The average molecular weight is 282 g/mol. The number of hydrogen-bond acceptors (Lipinski definition) is 2. The molecule has 0 saturated carbocycles. The van der Waals surface area contributed by atoms with Gasteiger partial charge >= 0.3 is 0 Å². The molecule has 3 N–H and O–H groups in total. The van der Waals surface area contributed by atoms with Crippen LogP contribution < -0.4 is 11.1 Å². The molecule has 0 atom stereocenters. The van der Waals surface area contributed by atoms with E-state index in [4.69, 9.17) is 5.73 Å². The van der Waals surface area contributed by atoms with Gasteiger partial charge in [0.1, 0.15) is 0 Å².